The number of nitrogens with two attached hydrogens (primary N) is 1. The summed E-state index contributed by atoms with van der Waals surface area (Å²) >= 11 is 0. The molecule has 2 aromatic rings. The van der Waals surface area contributed by atoms with Gasteiger partial charge < -0.3 is 5.73 Å². The zero-order valence-corrected chi connectivity index (χ0v) is 8.89. The van der Waals surface area contributed by atoms with Crippen LogP contribution >= 0.6 is 0 Å². The number of nitriles is 1. The largest absolute Gasteiger partial charge is 0.382 e. The first-order chi connectivity index (χ1) is 8.90. The molecule has 0 bridgehead atoms. The van der Waals surface area contributed by atoms with Crippen LogP contribution in [0.2, 0.25) is 0 Å². The highest BCUT2D eigenvalue weighted by Crippen LogP contribution is 2.27. The molecule has 4 nitrogen and oxygen atoms in total. The molecule has 0 aliphatic heterocycles. The quantitative estimate of drug-likeness (QED) is 0.491. The second-order valence-electron chi connectivity index (χ2n) is 3.39. The molecule has 98 valence electrons. The highest BCUT2D eigenvalue weighted by atomic mass is 19.2. The van der Waals surface area contributed by atoms with Gasteiger partial charge in [0.2, 0.25) is 5.82 Å². The Balaban J connectivity index is 2.84. The van der Waals surface area contributed by atoms with Crippen LogP contribution < -0.4 is 5.73 Å². The fraction of sp³-hybridized carbons (Fsp3) is 0. The lowest BCUT2D eigenvalue weighted by atomic mass is 10.2. The lowest BCUT2D eigenvalue weighted by molar-refractivity contribution is 0.374. The second-order valence-corrected chi connectivity index (χ2v) is 3.39. The molecule has 19 heavy (non-hydrogen) atoms. The first-order valence-electron chi connectivity index (χ1n) is 4.65. The molecule has 2 N–H and O–H groups in total. The van der Waals surface area contributed by atoms with Crippen LogP contribution in [0.5, 0.6) is 0 Å². The highest BCUT2D eigenvalue weighted by Gasteiger charge is 2.28. The molecule has 0 unspecified atom stereocenters. The van der Waals surface area contributed by atoms with E-state index in [1.807, 2.05) is 0 Å². The van der Waals surface area contributed by atoms with E-state index >= 15 is 0 Å². The summed E-state index contributed by atoms with van der Waals surface area (Å²) in [6.07, 6.45) is 0.841. The number of aromatic nitrogens is 2. The third kappa shape index (κ3) is 1.69. The molecule has 0 atom stereocenters. The summed E-state index contributed by atoms with van der Waals surface area (Å²) in [5.41, 5.74) is 3.73. The van der Waals surface area contributed by atoms with Crippen molar-refractivity contribution in [2.45, 2.75) is 0 Å². The number of hydrogen-bond acceptors (Lipinski definition) is 3. The van der Waals surface area contributed by atoms with Gasteiger partial charge in [-0.1, -0.05) is 0 Å². The number of nitrogens with zero attached hydrogens (tertiary/aromatic N) is 3. The van der Waals surface area contributed by atoms with Crippen molar-refractivity contribution in [2.24, 2.45) is 0 Å². The summed E-state index contributed by atoms with van der Waals surface area (Å²) < 4.78 is 66.0. The van der Waals surface area contributed by atoms with Gasteiger partial charge in [0.15, 0.2) is 23.3 Å². The topological polar surface area (TPSA) is 67.6 Å². The van der Waals surface area contributed by atoms with E-state index < -0.39 is 40.6 Å². The van der Waals surface area contributed by atoms with Crippen molar-refractivity contribution >= 4 is 5.82 Å². The van der Waals surface area contributed by atoms with Crippen molar-refractivity contribution in [3.8, 4) is 11.8 Å². The van der Waals surface area contributed by atoms with E-state index in [1.54, 1.807) is 6.07 Å². The van der Waals surface area contributed by atoms with E-state index in [2.05, 4.69) is 5.10 Å². The lowest BCUT2D eigenvalue weighted by Gasteiger charge is -2.09. The second kappa shape index (κ2) is 4.24. The fourth-order valence-corrected chi connectivity index (χ4v) is 1.40. The Morgan fingerprint density at radius 2 is 1.47 bits per heavy atom. The van der Waals surface area contributed by atoms with Gasteiger partial charge in [-0.3, -0.25) is 0 Å². The first kappa shape index (κ1) is 12.8. The minimum Gasteiger partial charge on any atom is -0.382 e. The van der Waals surface area contributed by atoms with Gasteiger partial charge in [-0.2, -0.15) is 10.4 Å². The average molecular weight is 274 g/mol. The zero-order chi connectivity index (χ0) is 14.3. The van der Waals surface area contributed by atoms with E-state index in [-0.39, 0.29) is 10.2 Å². The van der Waals surface area contributed by atoms with Crippen molar-refractivity contribution in [1.82, 2.24) is 9.78 Å². The van der Waals surface area contributed by atoms with Crippen LogP contribution in [0, 0.1) is 40.4 Å². The molecule has 0 amide bonds. The molecule has 0 radical (unpaired) electrons. The Labute approximate surface area is 102 Å². The molecule has 0 saturated heterocycles. The number of hydrogen-bond donors (Lipinski definition) is 1. The van der Waals surface area contributed by atoms with Gasteiger partial charge in [-0.05, 0) is 0 Å². The van der Waals surface area contributed by atoms with E-state index in [0.717, 1.165) is 6.20 Å². The molecular formula is C10H3F5N4. The Bertz CT molecular complexity index is 687. The molecule has 0 spiro atoms. The number of rotatable bonds is 1. The predicted molar refractivity (Wildman–Crippen MR) is 52.5 cm³/mol. The predicted octanol–water partition coefficient (Wildman–Crippen LogP) is 2.02. The summed E-state index contributed by atoms with van der Waals surface area (Å²) in [5, 5.41) is 11.9. The highest BCUT2D eigenvalue weighted by molar-refractivity contribution is 5.53. The minimum atomic E-state index is -2.29. The molecule has 1 aromatic carbocycles. The molecule has 0 saturated carbocycles. The average Bonchev–Trinajstić information content (AvgIpc) is 2.76. The monoisotopic (exact) mass is 274 g/mol. The van der Waals surface area contributed by atoms with E-state index in [1.165, 1.54) is 0 Å². The van der Waals surface area contributed by atoms with Gasteiger partial charge >= 0.3 is 0 Å². The maximum Gasteiger partial charge on any atom is 0.200 e. The molecule has 1 aromatic heterocycles. The molecule has 9 heteroatoms. The van der Waals surface area contributed by atoms with Crippen LogP contribution in [0.25, 0.3) is 5.69 Å². The van der Waals surface area contributed by atoms with Gasteiger partial charge in [-0.25, -0.2) is 26.6 Å². The number of nitrogen functional groups attached to an aromatic ring is 1. The third-order valence-electron chi connectivity index (χ3n) is 2.33. The van der Waals surface area contributed by atoms with E-state index in [9.17, 15) is 22.0 Å². The zero-order valence-electron chi connectivity index (χ0n) is 8.89. The lowest BCUT2D eigenvalue weighted by Crippen LogP contribution is -2.12. The van der Waals surface area contributed by atoms with Crippen molar-refractivity contribution in [3.63, 3.8) is 0 Å². The summed E-state index contributed by atoms with van der Waals surface area (Å²) in [4.78, 5) is 0. The van der Waals surface area contributed by atoms with Crippen LogP contribution in [0.3, 0.4) is 0 Å². The van der Waals surface area contributed by atoms with Crippen LogP contribution in [0.15, 0.2) is 6.20 Å². The summed E-state index contributed by atoms with van der Waals surface area (Å²) in [6.45, 7) is 0. The maximum absolute atomic E-state index is 13.5. The summed E-state index contributed by atoms with van der Waals surface area (Å²) in [7, 11) is 0. The normalized spacial score (nSPS) is 10.5. The van der Waals surface area contributed by atoms with Crippen LogP contribution in [0.4, 0.5) is 27.8 Å². The van der Waals surface area contributed by atoms with Crippen molar-refractivity contribution in [3.05, 3.63) is 40.8 Å². The van der Waals surface area contributed by atoms with Gasteiger partial charge in [0.05, 0.1) is 6.20 Å². The van der Waals surface area contributed by atoms with Crippen LogP contribution in [-0.4, -0.2) is 9.78 Å². The van der Waals surface area contributed by atoms with Gasteiger partial charge in [-0.15, -0.1) is 0 Å². The first-order valence-corrected chi connectivity index (χ1v) is 4.65. The molecule has 0 fully saturated rings. The molecular weight excluding hydrogens is 271 g/mol. The third-order valence-corrected chi connectivity index (χ3v) is 2.33. The van der Waals surface area contributed by atoms with Gasteiger partial charge in [0, 0.05) is 0 Å². The number of benzene rings is 1. The Morgan fingerprint density at radius 3 is 1.89 bits per heavy atom. The molecule has 0 aliphatic carbocycles. The SMILES string of the molecule is N#Cc1cnn(-c2c(F)c(F)c(F)c(F)c2F)c1N. The van der Waals surface area contributed by atoms with Crippen LogP contribution in [0.1, 0.15) is 5.56 Å². The van der Waals surface area contributed by atoms with Crippen molar-refractivity contribution < 1.29 is 22.0 Å². The van der Waals surface area contributed by atoms with Gasteiger partial charge in [0.25, 0.3) is 0 Å². The minimum absolute atomic E-state index is 0.260. The molecule has 2 rings (SSSR count). The van der Waals surface area contributed by atoms with E-state index in [4.69, 9.17) is 11.0 Å². The standard InChI is InChI=1S/C10H3F5N4/c11-4-5(12)7(14)9(8(15)6(4)13)19-10(17)3(1-16)2-18-19/h2H,17H2. The Hall–Kier alpha value is -2.63. The maximum atomic E-state index is 13.5. The summed E-state index contributed by atoms with van der Waals surface area (Å²) in [6, 6.07) is 1.55. The van der Waals surface area contributed by atoms with Crippen molar-refractivity contribution in [2.75, 3.05) is 5.73 Å². The van der Waals surface area contributed by atoms with Crippen molar-refractivity contribution in [1.29, 1.82) is 5.26 Å². The Kier molecular flexibility index (Phi) is 2.86. The van der Waals surface area contributed by atoms with E-state index in [0.29, 0.717) is 0 Å². The fourth-order valence-electron chi connectivity index (χ4n) is 1.40. The summed E-state index contributed by atoms with van der Waals surface area (Å²) in [5.74, 6) is -11.2. The molecule has 1 heterocycles. The molecule has 0 aliphatic rings. The smallest absolute Gasteiger partial charge is 0.200 e. The van der Waals surface area contributed by atoms with Gasteiger partial charge in [0.1, 0.15) is 23.1 Å². The number of halogens is 5. The Morgan fingerprint density at radius 1 is 1.00 bits per heavy atom. The number of anilines is 1. The van der Waals surface area contributed by atoms with Crippen LogP contribution in [-0.2, 0) is 0 Å².